The number of amides is 1. The minimum atomic E-state index is -0.0372. The van der Waals surface area contributed by atoms with Crippen LogP contribution in [0.2, 0.25) is 10.0 Å². The van der Waals surface area contributed by atoms with Crippen LogP contribution in [0.1, 0.15) is 12.8 Å². The molecule has 0 saturated carbocycles. The molecule has 1 aliphatic heterocycles. The zero-order chi connectivity index (χ0) is 15.2. The van der Waals surface area contributed by atoms with Gasteiger partial charge in [-0.05, 0) is 57.1 Å². The standard InChI is InChI=1S/C15H21Cl2N3O/c1-20(9-11-4-6-18-7-5-11)10-15(21)19-12-2-3-13(16)14(17)8-12/h2-3,8,11,18H,4-7,9-10H2,1H3,(H,19,21). The highest BCUT2D eigenvalue weighted by molar-refractivity contribution is 6.42. The normalized spacial score (nSPS) is 16.2. The number of hydrogen-bond donors (Lipinski definition) is 2. The lowest BCUT2D eigenvalue weighted by molar-refractivity contribution is -0.117. The zero-order valence-corrected chi connectivity index (χ0v) is 13.7. The Kier molecular flexibility index (Phi) is 6.30. The number of hydrogen-bond acceptors (Lipinski definition) is 3. The van der Waals surface area contributed by atoms with Gasteiger partial charge >= 0.3 is 0 Å². The van der Waals surface area contributed by atoms with Gasteiger partial charge in [-0.2, -0.15) is 0 Å². The summed E-state index contributed by atoms with van der Waals surface area (Å²) in [6.45, 7) is 3.49. The van der Waals surface area contributed by atoms with Crippen LogP contribution < -0.4 is 10.6 Å². The van der Waals surface area contributed by atoms with Crippen LogP contribution in [0.25, 0.3) is 0 Å². The molecule has 116 valence electrons. The first kappa shape index (κ1) is 16.6. The van der Waals surface area contributed by atoms with E-state index in [-0.39, 0.29) is 5.91 Å². The predicted molar refractivity (Wildman–Crippen MR) is 88.2 cm³/mol. The van der Waals surface area contributed by atoms with Crippen molar-refractivity contribution < 1.29 is 4.79 Å². The van der Waals surface area contributed by atoms with Gasteiger partial charge in [0.25, 0.3) is 0 Å². The second kappa shape index (κ2) is 7.99. The van der Waals surface area contributed by atoms with Crippen molar-refractivity contribution in [1.29, 1.82) is 0 Å². The third-order valence-electron chi connectivity index (χ3n) is 3.65. The van der Waals surface area contributed by atoms with Crippen LogP contribution in [0.15, 0.2) is 18.2 Å². The second-order valence-corrected chi connectivity index (χ2v) is 6.38. The number of benzene rings is 1. The highest BCUT2D eigenvalue weighted by Crippen LogP contribution is 2.24. The van der Waals surface area contributed by atoms with Gasteiger partial charge in [0.2, 0.25) is 5.91 Å². The number of nitrogens with zero attached hydrogens (tertiary/aromatic N) is 1. The SMILES string of the molecule is CN(CC(=O)Nc1ccc(Cl)c(Cl)c1)CC1CCNCC1. The number of carbonyl (C=O) groups is 1. The summed E-state index contributed by atoms with van der Waals surface area (Å²) in [4.78, 5) is 14.1. The molecule has 1 aromatic carbocycles. The fourth-order valence-corrected chi connectivity index (χ4v) is 2.89. The molecule has 1 fully saturated rings. The molecular weight excluding hydrogens is 309 g/mol. The molecule has 0 aliphatic carbocycles. The van der Waals surface area contributed by atoms with Gasteiger partial charge in [0.1, 0.15) is 0 Å². The molecule has 1 aromatic rings. The molecule has 2 rings (SSSR count). The van der Waals surface area contributed by atoms with Crippen molar-refractivity contribution in [3.63, 3.8) is 0 Å². The Morgan fingerprint density at radius 1 is 1.33 bits per heavy atom. The minimum absolute atomic E-state index is 0.0372. The molecule has 6 heteroatoms. The van der Waals surface area contributed by atoms with Crippen LogP contribution in [0.5, 0.6) is 0 Å². The van der Waals surface area contributed by atoms with Gasteiger partial charge in [0.05, 0.1) is 16.6 Å². The first-order chi connectivity index (χ1) is 10.0. The van der Waals surface area contributed by atoms with Gasteiger partial charge in [-0.1, -0.05) is 23.2 Å². The number of halogens is 2. The summed E-state index contributed by atoms with van der Waals surface area (Å²) in [7, 11) is 1.98. The van der Waals surface area contributed by atoms with Crippen molar-refractivity contribution in [2.24, 2.45) is 5.92 Å². The van der Waals surface area contributed by atoms with Gasteiger partial charge in [0.15, 0.2) is 0 Å². The maximum absolute atomic E-state index is 12.0. The monoisotopic (exact) mass is 329 g/mol. The summed E-state index contributed by atoms with van der Waals surface area (Å²) in [5, 5.41) is 7.12. The van der Waals surface area contributed by atoms with E-state index >= 15 is 0 Å². The van der Waals surface area contributed by atoms with E-state index in [1.165, 1.54) is 12.8 Å². The summed E-state index contributed by atoms with van der Waals surface area (Å²) in [6, 6.07) is 5.09. The Labute approximate surface area is 135 Å². The molecule has 21 heavy (non-hydrogen) atoms. The Hall–Kier alpha value is -0.810. The number of nitrogens with one attached hydrogen (secondary N) is 2. The third kappa shape index (κ3) is 5.47. The van der Waals surface area contributed by atoms with Crippen molar-refractivity contribution in [3.8, 4) is 0 Å². The number of likely N-dealkylation sites (N-methyl/N-ethyl adjacent to an activating group) is 1. The first-order valence-electron chi connectivity index (χ1n) is 7.19. The van der Waals surface area contributed by atoms with Crippen molar-refractivity contribution >= 4 is 34.8 Å². The van der Waals surface area contributed by atoms with Gasteiger partial charge < -0.3 is 10.6 Å². The van der Waals surface area contributed by atoms with Crippen molar-refractivity contribution in [2.75, 3.05) is 38.5 Å². The van der Waals surface area contributed by atoms with Crippen LogP contribution in [-0.2, 0) is 4.79 Å². The Morgan fingerprint density at radius 3 is 2.71 bits per heavy atom. The van der Waals surface area contributed by atoms with E-state index < -0.39 is 0 Å². The van der Waals surface area contributed by atoms with Crippen LogP contribution in [0, 0.1) is 5.92 Å². The minimum Gasteiger partial charge on any atom is -0.325 e. The highest BCUT2D eigenvalue weighted by atomic mass is 35.5. The molecule has 0 unspecified atom stereocenters. The van der Waals surface area contributed by atoms with Crippen molar-refractivity contribution in [1.82, 2.24) is 10.2 Å². The van der Waals surface area contributed by atoms with Gasteiger partial charge in [0, 0.05) is 12.2 Å². The number of anilines is 1. The van der Waals surface area contributed by atoms with Crippen molar-refractivity contribution in [2.45, 2.75) is 12.8 Å². The van der Waals surface area contributed by atoms with Gasteiger partial charge in [-0.15, -0.1) is 0 Å². The maximum Gasteiger partial charge on any atom is 0.238 e. The van der Waals surface area contributed by atoms with Gasteiger partial charge in [-0.3, -0.25) is 9.69 Å². The lowest BCUT2D eigenvalue weighted by Gasteiger charge is -2.27. The largest absolute Gasteiger partial charge is 0.325 e. The summed E-state index contributed by atoms with van der Waals surface area (Å²) >= 11 is 11.8. The lowest BCUT2D eigenvalue weighted by Crippen LogP contribution is -2.37. The van der Waals surface area contributed by atoms with Crippen LogP contribution in [0.4, 0.5) is 5.69 Å². The Bertz CT molecular complexity index is 490. The van der Waals surface area contributed by atoms with E-state index in [4.69, 9.17) is 23.2 Å². The molecule has 1 amide bonds. The van der Waals surface area contributed by atoms with E-state index in [1.54, 1.807) is 18.2 Å². The lowest BCUT2D eigenvalue weighted by atomic mass is 9.98. The molecule has 0 spiro atoms. The van der Waals surface area contributed by atoms with Crippen LogP contribution in [-0.4, -0.2) is 44.0 Å². The highest BCUT2D eigenvalue weighted by Gasteiger charge is 2.16. The van der Waals surface area contributed by atoms with Crippen molar-refractivity contribution in [3.05, 3.63) is 28.2 Å². The fraction of sp³-hybridized carbons (Fsp3) is 0.533. The maximum atomic E-state index is 12.0. The Morgan fingerprint density at radius 2 is 2.05 bits per heavy atom. The smallest absolute Gasteiger partial charge is 0.238 e. The zero-order valence-electron chi connectivity index (χ0n) is 12.2. The van der Waals surface area contributed by atoms with E-state index in [9.17, 15) is 4.79 Å². The van der Waals surface area contributed by atoms with E-state index in [1.807, 2.05) is 7.05 Å². The van der Waals surface area contributed by atoms with Gasteiger partial charge in [-0.25, -0.2) is 0 Å². The van der Waals surface area contributed by atoms with Crippen LogP contribution >= 0.6 is 23.2 Å². The van der Waals surface area contributed by atoms with E-state index in [0.29, 0.717) is 28.2 Å². The molecule has 0 atom stereocenters. The average molecular weight is 330 g/mol. The molecule has 4 nitrogen and oxygen atoms in total. The molecule has 0 radical (unpaired) electrons. The van der Waals surface area contributed by atoms with Crippen LogP contribution in [0.3, 0.4) is 0 Å². The third-order valence-corrected chi connectivity index (χ3v) is 4.38. The average Bonchev–Trinajstić information content (AvgIpc) is 2.43. The van der Waals surface area contributed by atoms with E-state index in [0.717, 1.165) is 19.6 Å². The summed E-state index contributed by atoms with van der Waals surface area (Å²) in [5.41, 5.74) is 0.671. The fourth-order valence-electron chi connectivity index (χ4n) is 2.59. The molecular formula is C15H21Cl2N3O. The number of carbonyl (C=O) groups excluding carboxylic acids is 1. The number of piperidine rings is 1. The molecule has 0 bridgehead atoms. The molecule has 0 aromatic heterocycles. The summed E-state index contributed by atoms with van der Waals surface area (Å²) in [6.07, 6.45) is 2.36. The summed E-state index contributed by atoms with van der Waals surface area (Å²) in [5.74, 6) is 0.638. The molecule has 1 aliphatic rings. The first-order valence-corrected chi connectivity index (χ1v) is 7.94. The Balaban J connectivity index is 1.78. The summed E-state index contributed by atoms with van der Waals surface area (Å²) < 4.78 is 0. The quantitative estimate of drug-likeness (QED) is 0.873. The molecule has 1 heterocycles. The second-order valence-electron chi connectivity index (χ2n) is 5.57. The number of rotatable bonds is 5. The topological polar surface area (TPSA) is 44.4 Å². The molecule has 2 N–H and O–H groups in total. The van der Waals surface area contributed by atoms with E-state index in [2.05, 4.69) is 15.5 Å². The predicted octanol–water partition coefficient (Wildman–Crippen LogP) is 2.86. The molecule has 1 saturated heterocycles.